The number of amides is 1. The highest BCUT2D eigenvalue weighted by atomic mass is 32.2. The number of alkyl halides is 5. The Morgan fingerprint density at radius 1 is 1.21 bits per heavy atom. The number of piperidine rings is 1. The number of hydrogen-bond donors (Lipinski definition) is 2. The zero-order valence-corrected chi connectivity index (χ0v) is 18.1. The third-order valence-electron chi connectivity index (χ3n) is 5.45. The van der Waals surface area contributed by atoms with Gasteiger partial charge in [-0.2, -0.15) is 13.2 Å². The van der Waals surface area contributed by atoms with Gasteiger partial charge >= 0.3 is 6.18 Å². The first kappa shape index (κ1) is 23.4. The molecule has 33 heavy (non-hydrogen) atoms. The van der Waals surface area contributed by atoms with Crippen molar-refractivity contribution in [3.05, 3.63) is 52.6 Å². The van der Waals surface area contributed by atoms with Gasteiger partial charge in [-0.3, -0.25) is 4.79 Å². The molecule has 2 aliphatic heterocycles. The predicted octanol–water partition coefficient (Wildman–Crippen LogP) is 4.14. The highest BCUT2D eigenvalue weighted by molar-refractivity contribution is 8.04. The zero-order chi connectivity index (χ0) is 23.8. The normalized spacial score (nSPS) is 19.7. The van der Waals surface area contributed by atoms with E-state index in [1.165, 1.54) is 0 Å². The van der Waals surface area contributed by atoms with E-state index in [0.29, 0.717) is 37.8 Å². The van der Waals surface area contributed by atoms with E-state index in [0.717, 1.165) is 28.4 Å². The second-order valence-electron chi connectivity index (χ2n) is 7.84. The Kier molecular flexibility index (Phi) is 6.32. The zero-order valence-electron chi connectivity index (χ0n) is 17.3. The number of rotatable bonds is 5. The smallest absolute Gasteiger partial charge is 0.365 e. The molecule has 176 valence electrons. The maximum absolute atomic E-state index is 13.3. The lowest BCUT2D eigenvalue weighted by atomic mass is 10.1. The van der Waals surface area contributed by atoms with Crippen molar-refractivity contribution >= 4 is 28.9 Å². The molecule has 0 aliphatic carbocycles. The van der Waals surface area contributed by atoms with Crippen LogP contribution in [-0.4, -0.2) is 46.3 Å². The largest absolute Gasteiger partial charge is 0.433 e. The molecule has 4 rings (SSSR count). The first-order valence-corrected chi connectivity index (χ1v) is 11.0. The molecule has 1 saturated heterocycles. The molecule has 0 atom stereocenters. The third-order valence-corrected chi connectivity index (χ3v) is 6.52. The molecule has 1 aromatic carbocycles. The number of likely N-dealkylation sites (tertiary alicyclic amines) is 1. The number of thioether (sulfide) groups is 1. The molecule has 0 spiro atoms. The van der Waals surface area contributed by atoms with Gasteiger partial charge < -0.3 is 16.0 Å². The lowest BCUT2D eigenvalue weighted by molar-refractivity contribution is -0.141. The Morgan fingerprint density at radius 3 is 2.61 bits per heavy atom. The fourth-order valence-corrected chi connectivity index (χ4v) is 4.75. The van der Waals surface area contributed by atoms with E-state index in [9.17, 15) is 26.7 Å². The number of hydrogen-bond acceptors (Lipinski definition) is 6. The number of nitrogens with one attached hydrogen (secondary N) is 1. The molecule has 1 fully saturated rings. The van der Waals surface area contributed by atoms with Crippen LogP contribution in [0.3, 0.4) is 0 Å². The summed E-state index contributed by atoms with van der Waals surface area (Å²) in [5.74, 6) is -3.96. The van der Waals surface area contributed by atoms with Gasteiger partial charge in [-0.15, -0.1) is 0 Å². The van der Waals surface area contributed by atoms with E-state index in [1.54, 1.807) is 6.07 Å². The monoisotopic (exact) mass is 485 g/mol. The van der Waals surface area contributed by atoms with Crippen LogP contribution in [0.25, 0.3) is 5.57 Å². The van der Waals surface area contributed by atoms with Crippen LogP contribution in [0.5, 0.6) is 0 Å². The second-order valence-corrected chi connectivity index (χ2v) is 8.89. The van der Waals surface area contributed by atoms with Crippen LogP contribution < -0.4 is 11.1 Å². The minimum absolute atomic E-state index is 0.140. The van der Waals surface area contributed by atoms with Crippen molar-refractivity contribution in [3.63, 3.8) is 0 Å². The van der Waals surface area contributed by atoms with Gasteiger partial charge in [-0.25, -0.2) is 18.7 Å². The summed E-state index contributed by atoms with van der Waals surface area (Å²) in [7, 11) is 0. The Bertz CT molecular complexity index is 1090. The first-order chi connectivity index (χ1) is 15.5. The lowest BCUT2D eigenvalue weighted by Crippen LogP contribution is -2.40. The van der Waals surface area contributed by atoms with E-state index >= 15 is 0 Å². The van der Waals surface area contributed by atoms with Crippen molar-refractivity contribution in [2.24, 2.45) is 5.73 Å². The molecule has 0 saturated carbocycles. The topological polar surface area (TPSA) is 84.1 Å². The van der Waals surface area contributed by atoms with Gasteiger partial charge in [0.1, 0.15) is 11.3 Å². The van der Waals surface area contributed by atoms with Crippen molar-refractivity contribution in [1.82, 2.24) is 14.9 Å². The molecule has 0 unspecified atom stereocenters. The predicted molar refractivity (Wildman–Crippen MR) is 113 cm³/mol. The summed E-state index contributed by atoms with van der Waals surface area (Å²) in [5, 5.41) is 3.24. The fourth-order valence-electron chi connectivity index (χ4n) is 3.63. The molecule has 1 aromatic heterocycles. The Hall–Kier alpha value is -2.73. The number of primary amides is 1. The van der Waals surface area contributed by atoms with E-state index in [-0.39, 0.29) is 23.4 Å². The van der Waals surface area contributed by atoms with Crippen LogP contribution in [-0.2, 0) is 17.4 Å². The maximum atomic E-state index is 13.3. The highest BCUT2D eigenvalue weighted by Gasteiger charge is 2.35. The van der Waals surface area contributed by atoms with Crippen LogP contribution in [0.2, 0.25) is 0 Å². The number of aromatic nitrogens is 2. The van der Waals surface area contributed by atoms with Gasteiger partial charge in [0, 0.05) is 43.6 Å². The molecule has 1 amide bonds. The van der Waals surface area contributed by atoms with E-state index in [2.05, 4.69) is 15.3 Å². The molecular formula is C21H20F5N5OS. The molecule has 0 bridgehead atoms. The van der Waals surface area contributed by atoms with E-state index < -0.39 is 29.5 Å². The SMILES string of the molecule is NC(=O)/C(=C1\Nc2ccc(CCN3CCC(F)(F)CC3)cc2S1)c1nccc(C(F)(F)F)n1. The number of carbonyl (C=O) groups excluding carboxylic acids is 1. The minimum Gasteiger partial charge on any atom is -0.365 e. The minimum atomic E-state index is -4.69. The number of fused-ring (bicyclic) bond motifs is 1. The van der Waals surface area contributed by atoms with Crippen LogP contribution in [0.4, 0.5) is 27.6 Å². The van der Waals surface area contributed by atoms with Gasteiger partial charge in [0.05, 0.1) is 10.7 Å². The third kappa shape index (κ3) is 5.44. The summed E-state index contributed by atoms with van der Waals surface area (Å²) in [6.45, 7) is 1.33. The quantitative estimate of drug-likeness (QED) is 0.489. The number of benzene rings is 1. The maximum Gasteiger partial charge on any atom is 0.433 e. The van der Waals surface area contributed by atoms with Crippen LogP contribution in [0.1, 0.15) is 29.9 Å². The van der Waals surface area contributed by atoms with Crippen molar-refractivity contribution in [2.45, 2.75) is 36.3 Å². The summed E-state index contributed by atoms with van der Waals surface area (Å²) in [6, 6.07) is 6.27. The molecule has 0 radical (unpaired) electrons. The van der Waals surface area contributed by atoms with Gasteiger partial charge in [0.25, 0.3) is 11.8 Å². The highest BCUT2D eigenvalue weighted by Crippen LogP contribution is 2.44. The lowest BCUT2D eigenvalue weighted by Gasteiger charge is -2.31. The van der Waals surface area contributed by atoms with Crippen molar-refractivity contribution in [2.75, 3.05) is 25.0 Å². The first-order valence-electron chi connectivity index (χ1n) is 10.1. The summed E-state index contributed by atoms with van der Waals surface area (Å²) < 4.78 is 65.7. The van der Waals surface area contributed by atoms with E-state index in [1.807, 2.05) is 17.0 Å². The second kappa shape index (κ2) is 8.90. The molecule has 2 aliphatic rings. The summed E-state index contributed by atoms with van der Waals surface area (Å²) in [5.41, 5.74) is 5.68. The summed E-state index contributed by atoms with van der Waals surface area (Å²) >= 11 is 1.15. The van der Waals surface area contributed by atoms with Gasteiger partial charge in [-0.05, 0) is 30.2 Å². The molecular weight excluding hydrogens is 465 g/mol. The molecule has 12 heteroatoms. The van der Waals surface area contributed by atoms with Gasteiger partial charge in [0.15, 0.2) is 5.82 Å². The van der Waals surface area contributed by atoms with Crippen molar-refractivity contribution in [3.8, 4) is 0 Å². The molecule has 2 aromatic rings. The summed E-state index contributed by atoms with van der Waals surface area (Å²) in [4.78, 5) is 22.1. The van der Waals surface area contributed by atoms with Crippen molar-refractivity contribution < 1.29 is 26.7 Å². The Labute approximate surface area is 190 Å². The Morgan fingerprint density at radius 2 is 1.94 bits per heavy atom. The standard InChI is InChI=1S/C21H20F5N5OS/c22-20(23)5-9-31(10-6-20)8-4-12-1-2-13-14(11-12)33-19(29-13)16(17(27)32)18-28-7-3-15(30-18)21(24,25)26/h1-3,7,11,29H,4-6,8-10H2,(H2,27,32)/b19-16-. The fraction of sp³-hybridized carbons (Fsp3) is 0.381. The van der Waals surface area contributed by atoms with Crippen LogP contribution >= 0.6 is 11.8 Å². The number of halogens is 5. The number of anilines is 1. The number of nitrogens with zero attached hydrogens (tertiary/aromatic N) is 3. The molecule has 3 heterocycles. The molecule has 3 N–H and O–H groups in total. The molecule has 6 nitrogen and oxygen atoms in total. The van der Waals surface area contributed by atoms with Crippen molar-refractivity contribution in [1.29, 1.82) is 0 Å². The van der Waals surface area contributed by atoms with Gasteiger partial charge in [-0.1, -0.05) is 17.8 Å². The number of carbonyl (C=O) groups is 1. The Balaban J connectivity index is 1.51. The number of nitrogens with two attached hydrogens (primary N) is 1. The van der Waals surface area contributed by atoms with Crippen LogP contribution in [0.15, 0.2) is 40.4 Å². The van der Waals surface area contributed by atoms with Crippen LogP contribution in [0, 0.1) is 0 Å². The average Bonchev–Trinajstić information content (AvgIpc) is 3.15. The van der Waals surface area contributed by atoms with E-state index in [4.69, 9.17) is 5.73 Å². The van der Waals surface area contributed by atoms with Gasteiger partial charge in [0.2, 0.25) is 0 Å². The summed E-state index contributed by atoms with van der Waals surface area (Å²) in [6.07, 6.45) is -3.39. The average molecular weight is 485 g/mol.